The van der Waals surface area contributed by atoms with Crippen molar-refractivity contribution in [2.24, 2.45) is 0 Å². The molecule has 0 saturated heterocycles. The van der Waals surface area contributed by atoms with Gasteiger partial charge in [0.1, 0.15) is 11.9 Å². The molecule has 0 radical (unpaired) electrons. The van der Waals surface area contributed by atoms with Gasteiger partial charge in [0.2, 0.25) is 17.7 Å². The van der Waals surface area contributed by atoms with Gasteiger partial charge in [-0.1, -0.05) is 0 Å². The highest BCUT2D eigenvalue weighted by atomic mass is 16.6. The van der Waals surface area contributed by atoms with E-state index in [1.807, 2.05) is 0 Å². The lowest BCUT2D eigenvalue weighted by Gasteiger charge is -2.10. The number of hydrogen-bond acceptors (Lipinski definition) is 8. The number of nitrogens with zero attached hydrogens (tertiary/aromatic N) is 3. The summed E-state index contributed by atoms with van der Waals surface area (Å²) in [6.45, 7) is 1.41. The van der Waals surface area contributed by atoms with Gasteiger partial charge in [-0.2, -0.15) is 4.98 Å². The summed E-state index contributed by atoms with van der Waals surface area (Å²) in [6.07, 6.45) is 1.13. The molecule has 2 aromatic carbocycles. The Morgan fingerprint density at radius 3 is 2.17 bits per heavy atom. The Morgan fingerprint density at radius 1 is 1.00 bits per heavy atom. The number of carbonyl (C=O) groups is 1. The van der Waals surface area contributed by atoms with E-state index in [0.717, 1.165) is 6.20 Å². The quantitative estimate of drug-likeness (QED) is 0.407. The zero-order valence-corrected chi connectivity index (χ0v) is 15.7. The minimum absolute atomic E-state index is 0.0355. The summed E-state index contributed by atoms with van der Waals surface area (Å²) in [6, 6.07) is 13.8. The van der Waals surface area contributed by atoms with Crippen molar-refractivity contribution in [3.05, 3.63) is 64.8 Å². The van der Waals surface area contributed by atoms with E-state index in [1.54, 1.807) is 55.6 Å². The lowest BCUT2D eigenvalue weighted by Crippen LogP contribution is -2.06. The molecule has 0 unspecified atom stereocenters. The van der Waals surface area contributed by atoms with E-state index in [2.05, 4.69) is 25.9 Å². The third-order valence-corrected chi connectivity index (χ3v) is 3.78. The van der Waals surface area contributed by atoms with Crippen molar-refractivity contribution in [3.8, 4) is 5.75 Å². The monoisotopic (exact) mass is 394 g/mol. The standard InChI is InChI=1S/C19H18N6O4/c1-12(26)21-13-3-5-14(6-4-13)22-18-17(25(27)28)11-20-19(24-18)23-15-7-9-16(29-2)10-8-15/h3-11H,1-2H3,(H,21,26)(H2,20,22,23,24). The van der Waals surface area contributed by atoms with Gasteiger partial charge >= 0.3 is 5.69 Å². The molecule has 3 aromatic rings. The average molecular weight is 394 g/mol. The van der Waals surface area contributed by atoms with Crippen molar-refractivity contribution in [1.82, 2.24) is 9.97 Å². The highest BCUT2D eigenvalue weighted by Crippen LogP contribution is 2.27. The predicted octanol–water partition coefficient (Wildman–Crippen LogP) is 3.84. The molecule has 0 fully saturated rings. The molecule has 0 aliphatic heterocycles. The minimum Gasteiger partial charge on any atom is -0.497 e. The normalized spacial score (nSPS) is 10.1. The van der Waals surface area contributed by atoms with Crippen LogP contribution in [0.2, 0.25) is 0 Å². The Labute approximate surface area is 166 Å². The Morgan fingerprint density at radius 2 is 1.59 bits per heavy atom. The van der Waals surface area contributed by atoms with Crippen molar-refractivity contribution in [2.75, 3.05) is 23.1 Å². The molecule has 10 nitrogen and oxygen atoms in total. The number of rotatable bonds is 7. The van der Waals surface area contributed by atoms with Gasteiger partial charge in [-0.25, -0.2) is 4.98 Å². The molecule has 1 aromatic heterocycles. The van der Waals surface area contributed by atoms with Gasteiger partial charge < -0.3 is 20.7 Å². The molecule has 3 rings (SSSR count). The fourth-order valence-corrected chi connectivity index (χ4v) is 2.44. The van der Waals surface area contributed by atoms with Crippen LogP contribution < -0.4 is 20.7 Å². The third-order valence-electron chi connectivity index (χ3n) is 3.78. The fraction of sp³-hybridized carbons (Fsp3) is 0.105. The van der Waals surface area contributed by atoms with Crippen molar-refractivity contribution in [3.63, 3.8) is 0 Å². The smallest absolute Gasteiger partial charge is 0.329 e. The third kappa shape index (κ3) is 5.16. The van der Waals surface area contributed by atoms with E-state index in [9.17, 15) is 14.9 Å². The fourth-order valence-electron chi connectivity index (χ4n) is 2.44. The average Bonchev–Trinajstić information content (AvgIpc) is 2.70. The molecule has 0 bridgehead atoms. The molecule has 1 heterocycles. The second-order valence-corrected chi connectivity index (χ2v) is 5.92. The summed E-state index contributed by atoms with van der Waals surface area (Å²) in [5.41, 5.74) is 1.61. The number of hydrogen-bond donors (Lipinski definition) is 3. The SMILES string of the molecule is COc1ccc(Nc2ncc([N+](=O)[O-])c(Nc3ccc(NC(C)=O)cc3)n2)cc1. The first-order valence-electron chi connectivity index (χ1n) is 8.52. The van der Waals surface area contributed by atoms with E-state index >= 15 is 0 Å². The highest BCUT2D eigenvalue weighted by Gasteiger charge is 2.18. The molecule has 29 heavy (non-hydrogen) atoms. The van der Waals surface area contributed by atoms with E-state index in [4.69, 9.17) is 4.74 Å². The molecule has 0 spiro atoms. The maximum Gasteiger partial charge on any atom is 0.329 e. The van der Waals surface area contributed by atoms with Crippen molar-refractivity contribution >= 4 is 40.4 Å². The summed E-state index contributed by atoms with van der Waals surface area (Å²) in [7, 11) is 1.57. The molecule has 148 valence electrons. The zero-order valence-electron chi connectivity index (χ0n) is 15.7. The van der Waals surface area contributed by atoms with Crippen LogP contribution in [0.15, 0.2) is 54.7 Å². The Hall–Kier alpha value is -4.21. The summed E-state index contributed by atoms with van der Waals surface area (Å²) < 4.78 is 5.11. The summed E-state index contributed by atoms with van der Waals surface area (Å²) in [5, 5.41) is 19.9. The molecule has 3 N–H and O–H groups in total. The Bertz CT molecular complexity index is 1020. The number of anilines is 5. The van der Waals surface area contributed by atoms with Gasteiger partial charge in [-0.15, -0.1) is 0 Å². The van der Waals surface area contributed by atoms with Gasteiger partial charge in [-0.3, -0.25) is 14.9 Å². The number of methoxy groups -OCH3 is 1. The van der Waals surface area contributed by atoms with Crippen molar-refractivity contribution < 1.29 is 14.5 Å². The maximum atomic E-state index is 11.3. The number of aromatic nitrogens is 2. The minimum atomic E-state index is -0.564. The molecular formula is C19H18N6O4. The lowest BCUT2D eigenvalue weighted by atomic mass is 10.2. The largest absolute Gasteiger partial charge is 0.497 e. The highest BCUT2D eigenvalue weighted by molar-refractivity contribution is 5.88. The molecule has 10 heteroatoms. The summed E-state index contributed by atoms with van der Waals surface area (Å²) >= 11 is 0. The number of nitro groups is 1. The van der Waals surface area contributed by atoms with Crippen LogP contribution in [0.5, 0.6) is 5.75 Å². The van der Waals surface area contributed by atoms with Crippen LogP contribution in [-0.2, 0) is 4.79 Å². The molecule has 1 amide bonds. The first-order valence-corrected chi connectivity index (χ1v) is 8.52. The van der Waals surface area contributed by atoms with Crippen LogP contribution >= 0.6 is 0 Å². The second kappa shape index (κ2) is 8.65. The number of amides is 1. The summed E-state index contributed by atoms with van der Waals surface area (Å²) in [5.74, 6) is 0.739. The molecule has 0 saturated carbocycles. The number of nitrogens with one attached hydrogen (secondary N) is 3. The predicted molar refractivity (Wildman–Crippen MR) is 109 cm³/mol. The van der Waals surface area contributed by atoms with Crippen LogP contribution in [0.3, 0.4) is 0 Å². The number of ether oxygens (including phenoxy) is 1. The van der Waals surface area contributed by atoms with Gasteiger partial charge in [-0.05, 0) is 48.5 Å². The van der Waals surface area contributed by atoms with E-state index in [-0.39, 0.29) is 23.4 Å². The van der Waals surface area contributed by atoms with Crippen molar-refractivity contribution in [2.45, 2.75) is 6.92 Å². The topological polar surface area (TPSA) is 131 Å². The molecule has 0 aliphatic carbocycles. The molecule has 0 aliphatic rings. The van der Waals surface area contributed by atoms with Gasteiger partial charge in [0.15, 0.2) is 0 Å². The first-order chi connectivity index (χ1) is 13.9. The number of carbonyl (C=O) groups excluding carboxylic acids is 1. The van der Waals surface area contributed by atoms with Crippen LogP contribution in [-0.4, -0.2) is 27.9 Å². The lowest BCUT2D eigenvalue weighted by molar-refractivity contribution is -0.384. The molecular weight excluding hydrogens is 376 g/mol. The number of benzene rings is 2. The van der Waals surface area contributed by atoms with Gasteiger partial charge in [0.25, 0.3) is 0 Å². The first kappa shape index (κ1) is 19.5. The van der Waals surface area contributed by atoms with Crippen LogP contribution in [0, 0.1) is 10.1 Å². The van der Waals surface area contributed by atoms with Gasteiger partial charge in [0.05, 0.1) is 12.0 Å². The Kier molecular flexibility index (Phi) is 5.83. The zero-order chi connectivity index (χ0) is 20.8. The van der Waals surface area contributed by atoms with E-state index in [0.29, 0.717) is 22.8 Å². The van der Waals surface area contributed by atoms with Crippen LogP contribution in [0.4, 0.5) is 34.5 Å². The van der Waals surface area contributed by atoms with Crippen molar-refractivity contribution in [1.29, 1.82) is 0 Å². The van der Waals surface area contributed by atoms with Gasteiger partial charge in [0, 0.05) is 24.0 Å². The maximum absolute atomic E-state index is 11.3. The van der Waals surface area contributed by atoms with Crippen LogP contribution in [0.1, 0.15) is 6.92 Å². The second-order valence-electron chi connectivity index (χ2n) is 5.92. The molecule has 0 atom stereocenters. The van der Waals surface area contributed by atoms with E-state index < -0.39 is 4.92 Å². The Balaban J connectivity index is 1.82. The summed E-state index contributed by atoms with van der Waals surface area (Å²) in [4.78, 5) is 30.1. The van der Waals surface area contributed by atoms with Crippen LogP contribution in [0.25, 0.3) is 0 Å². The van der Waals surface area contributed by atoms with E-state index in [1.165, 1.54) is 6.92 Å².